The largest absolute Gasteiger partial charge is 0.503 e. The molecule has 1 aromatic heterocycles. The number of halogens is 2. The minimum Gasteiger partial charge on any atom is -0.503 e. The molecule has 0 radical (unpaired) electrons. The van der Waals surface area contributed by atoms with Crippen molar-refractivity contribution in [1.29, 1.82) is 0 Å². The molecular weight excluding hydrogens is 453 g/mol. The van der Waals surface area contributed by atoms with E-state index in [1.165, 1.54) is 16.8 Å². The van der Waals surface area contributed by atoms with Crippen LogP contribution in [-0.4, -0.2) is 50.0 Å². The average Bonchev–Trinajstić information content (AvgIpc) is 2.75. The summed E-state index contributed by atoms with van der Waals surface area (Å²) in [5, 5.41) is 13.0. The van der Waals surface area contributed by atoms with Gasteiger partial charge in [0.1, 0.15) is 17.2 Å². The summed E-state index contributed by atoms with van der Waals surface area (Å²) in [4.78, 5) is 38.6. The topological polar surface area (TPSA) is 94.9 Å². The van der Waals surface area contributed by atoms with Crippen molar-refractivity contribution < 1.29 is 23.5 Å². The molecule has 3 heterocycles. The quantitative estimate of drug-likeness (QED) is 0.660. The molecule has 11 heteroatoms. The van der Waals surface area contributed by atoms with Crippen LogP contribution in [0.3, 0.4) is 0 Å². The molecule has 2 aliphatic heterocycles. The van der Waals surface area contributed by atoms with E-state index in [0.717, 1.165) is 12.6 Å². The fourth-order valence-corrected chi connectivity index (χ4v) is 7.02. The minimum absolute atomic E-state index is 0.0465. The third-order valence-corrected chi connectivity index (χ3v) is 8.50. The molecule has 0 aliphatic carbocycles. The number of hydrogen-bond donors (Lipinski definition) is 2. The van der Waals surface area contributed by atoms with Crippen LogP contribution in [0.15, 0.2) is 29.2 Å². The molecule has 2 atom stereocenters. The smallest absolute Gasteiger partial charge is 0.278 e. The monoisotopic (exact) mass is 478 g/mol. The number of hydrogen-bond acceptors (Lipinski definition) is 5. The van der Waals surface area contributed by atoms with Gasteiger partial charge < -0.3 is 19.7 Å². The first-order valence-corrected chi connectivity index (χ1v) is 12.1. The normalized spacial score (nSPS) is 20.5. The van der Waals surface area contributed by atoms with Gasteiger partial charge in [0.05, 0.1) is 14.5 Å². The van der Waals surface area contributed by atoms with Crippen LogP contribution >= 0.6 is 8.22 Å². The molecule has 8 nitrogen and oxygen atoms in total. The van der Waals surface area contributed by atoms with Crippen LogP contribution < -0.4 is 10.7 Å². The van der Waals surface area contributed by atoms with Crippen LogP contribution in [0.2, 0.25) is 0 Å². The van der Waals surface area contributed by atoms with E-state index in [4.69, 9.17) is 0 Å². The van der Waals surface area contributed by atoms with E-state index in [2.05, 4.69) is 23.8 Å². The van der Waals surface area contributed by atoms with E-state index >= 15 is 0 Å². The van der Waals surface area contributed by atoms with E-state index in [9.17, 15) is 28.3 Å². The van der Waals surface area contributed by atoms with Crippen molar-refractivity contribution in [3.63, 3.8) is 0 Å². The average molecular weight is 478 g/mol. The van der Waals surface area contributed by atoms with Crippen LogP contribution in [0.25, 0.3) is 0 Å². The van der Waals surface area contributed by atoms with Crippen molar-refractivity contribution in [2.24, 2.45) is 5.92 Å². The molecule has 2 aromatic rings. The van der Waals surface area contributed by atoms with Gasteiger partial charge in [-0.15, -0.1) is 0 Å². The molecule has 0 saturated carbocycles. The number of rotatable bonds is 4. The van der Waals surface area contributed by atoms with Crippen LogP contribution in [0.4, 0.5) is 8.78 Å². The standard InChI is InChI=1S/C22H25F2N4O4P/c1-12(2)27-8-13(3)9-28-22(32)18-20(30)19(29)16(10-26(18)11-33(27)28)21(31)25-7-14-4-5-15(23)6-17(14)24/h4-6,10,12-13,30H,7-9,11H2,1-3H3,(H,25,31)/t13-,33?/m1/s1. The number of carbonyl (C=O) groups is 2. The van der Waals surface area contributed by atoms with Crippen molar-refractivity contribution in [3.05, 3.63) is 63.1 Å². The molecule has 1 saturated heterocycles. The fraction of sp³-hybridized carbons (Fsp3) is 0.409. The van der Waals surface area contributed by atoms with Gasteiger partial charge in [-0.3, -0.25) is 19.1 Å². The first-order valence-electron chi connectivity index (χ1n) is 10.6. The van der Waals surface area contributed by atoms with Crippen LogP contribution in [0.1, 0.15) is 47.2 Å². The number of aromatic hydroxyl groups is 1. The lowest BCUT2D eigenvalue weighted by Gasteiger charge is -2.50. The predicted molar refractivity (Wildman–Crippen MR) is 119 cm³/mol. The zero-order valence-electron chi connectivity index (χ0n) is 18.5. The van der Waals surface area contributed by atoms with E-state index in [0.29, 0.717) is 18.9 Å². The molecule has 33 heavy (non-hydrogen) atoms. The number of fused-ring (bicyclic) bond motifs is 2. The zero-order valence-corrected chi connectivity index (χ0v) is 19.4. The van der Waals surface area contributed by atoms with E-state index in [1.54, 1.807) is 4.67 Å². The molecule has 4 rings (SSSR count). The maximum Gasteiger partial charge on any atom is 0.278 e. The van der Waals surface area contributed by atoms with Crippen molar-refractivity contribution in [2.75, 3.05) is 13.1 Å². The van der Waals surface area contributed by atoms with E-state index in [1.807, 2.05) is 6.92 Å². The van der Waals surface area contributed by atoms with Crippen LogP contribution in [0, 0.1) is 17.6 Å². The van der Waals surface area contributed by atoms with Gasteiger partial charge in [-0.2, -0.15) is 0 Å². The molecule has 1 fully saturated rings. The summed E-state index contributed by atoms with van der Waals surface area (Å²) >= 11 is 0. The molecule has 2 amide bonds. The zero-order chi connectivity index (χ0) is 24.0. The second-order valence-corrected chi connectivity index (χ2v) is 10.7. The van der Waals surface area contributed by atoms with E-state index in [-0.39, 0.29) is 35.3 Å². The lowest BCUT2D eigenvalue weighted by molar-refractivity contribution is 0.0784. The van der Waals surface area contributed by atoms with Gasteiger partial charge in [0.25, 0.3) is 11.8 Å². The molecule has 0 bridgehead atoms. The second-order valence-electron chi connectivity index (χ2n) is 8.68. The number of benzene rings is 1. The lowest BCUT2D eigenvalue weighted by atomic mass is 10.1. The van der Waals surface area contributed by atoms with Gasteiger partial charge in [0.15, 0.2) is 11.4 Å². The van der Waals surface area contributed by atoms with Gasteiger partial charge in [0.2, 0.25) is 5.43 Å². The van der Waals surface area contributed by atoms with Crippen LogP contribution in [0.5, 0.6) is 5.75 Å². The van der Waals surface area contributed by atoms with E-state index < -0.39 is 42.9 Å². The lowest BCUT2D eigenvalue weighted by Crippen LogP contribution is -2.50. The van der Waals surface area contributed by atoms with Crippen molar-refractivity contribution in [2.45, 2.75) is 39.6 Å². The Morgan fingerprint density at radius 2 is 2.00 bits per heavy atom. The molecule has 2 N–H and O–H groups in total. The summed E-state index contributed by atoms with van der Waals surface area (Å²) < 4.78 is 32.4. The number of amides is 2. The third kappa shape index (κ3) is 4.25. The Morgan fingerprint density at radius 1 is 1.27 bits per heavy atom. The number of nitrogens with one attached hydrogen (secondary N) is 1. The molecule has 2 aliphatic rings. The van der Waals surface area contributed by atoms with Crippen molar-refractivity contribution >= 4 is 20.0 Å². The highest BCUT2D eigenvalue weighted by molar-refractivity contribution is 7.52. The Kier molecular flexibility index (Phi) is 6.24. The third-order valence-electron chi connectivity index (χ3n) is 5.83. The summed E-state index contributed by atoms with van der Waals surface area (Å²) in [5.74, 6) is -3.35. The summed E-state index contributed by atoms with van der Waals surface area (Å²) in [5.41, 5.74) is -1.40. The first kappa shape index (κ1) is 23.3. The number of pyridine rings is 1. The Balaban J connectivity index is 1.65. The predicted octanol–water partition coefficient (Wildman–Crippen LogP) is 2.85. The van der Waals surface area contributed by atoms with Crippen molar-refractivity contribution in [3.8, 4) is 5.75 Å². The molecule has 1 unspecified atom stereocenters. The van der Waals surface area contributed by atoms with Gasteiger partial charge >= 0.3 is 0 Å². The number of carbonyl (C=O) groups excluding carboxylic acids is 2. The molecular formula is C22H25F2N4O4P. The van der Waals surface area contributed by atoms with Gasteiger partial charge in [-0.1, -0.05) is 13.0 Å². The molecule has 1 aromatic carbocycles. The van der Waals surface area contributed by atoms with Gasteiger partial charge in [-0.05, 0) is 25.8 Å². The Bertz CT molecular complexity index is 1190. The summed E-state index contributed by atoms with van der Waals surface area (Å²) in [6.45, 7) is 7.24. The van der Waals surface area contributed by atoms with Gasteiger partial charge in [-0.25, -0.2) is 8.78 Å². The van der Waals surface area contributed by atoms with Crippen LogP contribution in [-0.2, 0) is 12.8 Å². The highest BCUT2D eigenvalue weighted by Crippen LogP contribution is 2.54. The summed E-state index contributed by atoms with van der Waals surface area (Å²) in [6, 6.07) is 3.15. The molecule has 176 valence electrons. The summed E-state index contributed by atoms with van der Waals surface area (Å²) in [7, 11) is -1.06. The molecule has 0 spiro atoms. The van der Waals surface area contributed by atoms with Crippen molar-refractivity contribution in [1.82, 2.24) is 19.2 Å². The SMILES string of the molecule is CC(C)N1C[C@@H](C)CN2C(=O)c3c(O)c(=O)c(C(=O)NCc4ccc(F)cc4F)cn3CP21. The fourth-order valence-electron chi connectivity index (χ4n) is 4.16. The minimum atomic E-state index is -1.06. The maximum atomic E-state index is 13.9. The second kappa shape index (κ2) is 8.83. The Labute approximate surface area is 190 Å². The Hall–Kier alpha value is -2.84. The highest BCUT2D eigenvalue weighted by Gasteiger charge is 2.43. The maximum absolute atomic E-state index is 13.9. The highest BCUT2D eigenvalue weighted by atomic mass is 31.1. The Morgan fingerprint density at radius 3 is 2.67 bits per heavy atom. The number of nitrogens with zero attached hydrogens (tertiary/aromatic N) is 3. The van der Waals surface area contributed by atoms with Gasteiger partial charge in [0, 0.05) is 43.5 Å². The first-order chi connectivity index (χ1) is 15.6. The number of aromatic nitrogens is 1. The summed E-state index contributed by atoms with van der Waals surface area (Å²) in [6.07, 6.45) is 1.63.